The van der Waals surface area contributed by atoms with Crippen molar-refractivity contribution in [3.8, 4) is 0 Å². The van der Waals surface area contributed by atoms with Gasteiger partial charge in [0.2, 0.25) is 0 Å². The first-order chi connectivity index (χ1) is 8.24. The molecule has 0 heterocycles. The van der Waals surface area contributed by atoms with Crippen LogP contribution >= 0.6 is 0 Å². The average molecular weight is 234 g/mol. The van der Waals surface area contributed by atoms with Crippen LogP contribution in [0, 0.1) is 0 Å². The predicted octanol–water partition coefficient (Wildman–Crippen LogP) is 1.54. The van der Waals surface area contributed by atoms with Gasteiger partial charge in [0.15, 0.2) is 12.6 Å². The Bertz CT molecular complexity index is 363. The second-order valence-corrected chi connectivity index (χ2v) is 2.78. The Morgan fingerprint density at radius 3 is 2.18 bits per heavy atom. The van der Waals surface area contributed by atoms with Crippen molar-refractivity contribution < 1.29 is 19.1 Å². The first-order valence-corrected chi connectivity index (χ1v) is 5.03. The lowest BCUT2D eigenvalue weighted by Crippen LogP contribution is -1.98. The Morgan fingerprint density at radius 2 is 1.59 bits per heavy atom. The maximum Gasteiger partial charge on any atom is 0.330 e. The summed E-state index contributed by atoms with van der Waals surface area (Å²) >= 11 is 0. The normalized spacial score (nSPS) is 10.9. The molecule has 0 saturated heterocycles. The number of esters is 1. The molecule has 4 heteroatoms. The van der Waals surface area contributed by atoms with Crippen LogP contribution in [0.1, 0.15) is 6.92 Å². The van der Waals surface area contributed by atoms with Gasteiger partial charge in [-0.15, -0.1) is 0 Å². The van der Waals surface area contributed by atoms with Gasteiger partial charge in [-0.3, -0.25) is 9.59 Å². The quantitative estimate of drug-likeness (QED) is 0.167. The van der Waals surface area contributed by atoms with Crippen LogP contribution in [-0.4, -0.2) is 25.1 Å². The van der Waals surface area contributed by atoms with Crippen LogP contribution in [-0.2, 0) is 19.1 Å². The summed E-state index contributed by atoms with van der Waals surface area (Å²) in [6.07, 6.45) is 11.6. The maximum absolute atomic E-state index is 10.9. The third kappa shape index (κ3) is 8.74. The highest BCUT2D eigenvalue weighted by atomic mass is 16.5. The van der Waals surface area contributed by atoms with E-state index in [2.05, 4.69) is 4.74 Å². The van der Waals surface area contributed by atoms with Crippen molar-refractivity contribution in [3.05, 3.63) is 48.1 Å². The van der Waals surface area contributed by atoms with Crippen LogP contribution < -0.4 is 0 Å². The molecule has 0 saturated carbocycles. The Hall–Kier alpha value is -2.23. The summed E-state index contributed by atoms with van der Waals surface area (Å²) in [5.41, 5.74) is 0.0664. The van der Waals surface area contributed by atoms with Gasteiger partial charge in [0.25, 0.3) is 0 Å². The van der Waals surface area contributed by atoms with Gasteiger partial charge in [0, 0.05) is 6.08 Å². The van der Waals surface area contributed by atoms with E-state index in [0.29, 0.717) is 19.2 Å². The molecule has 0 atom stereocenters. The highest BCUT2D eigenvalue weighted by Gasteiger charge is 1.89. The van der Waals surface area contributed by atoms with Crippen molar-refractivity contribution in [1.29, 1.82) is 0 Å². The lowest BCUT2D eigenvalue weighted by atomic mass is 10.3. The number of rotatable bonds is 7. The number of hydrogen-bond acceptors (Lipinski definition) is 4. The molecule has 0 aliphatic rings. The fraction of sp³-hybridized carbons (Fsp3) is 0.154. The minimum atomic E-state index is -0.398. The molecular formula is C13H14O4. The van der Waals surface area contributed by atoms with Crippen LogP contribution in [0.2, 0.25) is 0 Å². The molecule has 0 radical (unpaired) electrons. The minimum absolute atomic E-state index is 0.0664. The Balaban J connectivity index is 4.07. The zero-order valence-corrected chi connectivity index (χ0v) is 9.54. The maximum atomic E-state index is 10.9. The average Bonchev–Trinajstić information content (AvgIpc) is 2.33. The predicted molar refractivity (Wildman–Crippen MR) is 64.3 cm³/mol. The van der Waals surface area contributed by atoms with E-state index in [-0.39, 0.29) is 5.57 Å². The minimum Gasteiger partial charge on any atom is -0.463 e. The van der Waals surface area contributed by atoms with Crippen LogP contribution in [0.5, 0.6) is 0 Å². The largest absolute Gasteiger partial charge is 0.463 e. The van der Waals surface area contributed by atoms with Gasteiger partial charge in [-0.25, -0.2) is 4.79 Å². The SMILES string of the molecule is CCOC(=O)C=CC=CC=CC=C(C=O)C=O. The summed E-state index contributed by atoms with van der Waals surface area (Å²) < 4.78 is 4.67. The Kier molecular flexibility index (Phi) is 8.94. The molecule has 0 aromatic heterocycles. The summed E-state index contributed by atoms with van der Waals surface area (Å²) in [4.78, 5) is 31.3. The number of carbonyl (C=O) groups is 3. The molecular weight excluding hydrogens is 220 g/mol. The van der Waals surface area contributed by atoms with Crippen LogP contribution in [0.4, 0.5) is 0 Å². The summed E-state index contributed by atoms with van der Waals surface area (Å²) in [5.74, 6) is -0.398. The number of hydrogen-bond donors (Lipinski definition) is 0. The highest BCUT2D eigenvalue weighted by Crippen LogP contribution is 1.87. The van der Waals surface area contributed by atoms with Crippen LogP contribution in [0.15, 0.2) is 48.1 Å². The van der Waals surface area contributed by atoms with Crippen molar-refractivity contribution in [3.63, 3.8) is 0 Å². The third-order valence-electron chi connectivity index (χ3n) is 1.52. The third-order valence-corrected chi connectivity index (χ3v) is 1.52. The van der Waals surface area contributed by atoms with E-state index in [4.69, 9.17) is 0 Å². The number of ether oxygens (including phenoxy) is 1. The zero-order valence-electron chi connectivity index (χ0n) is 9.54. The molecule has 0 fully saturated rings. The molecule has 90 valence electrons. The molecule has 0 aliphatic carbocycles. The number of aldehydes is 2. The van der Waals surface area contributed by atoms with Gasteiger partial charge >= 0.3 is 5.97 Å². The van der Waals surface area contributed by atoms with E-state index >= 15 is 0 Å². The second-order valence-electron chi connectivity index (χ2n) is 2.78. The van der Waals surface area contributed by atoms with Gasteiger partial charge in [0.05, 0.1) is 12.2 Å². The van der Waals surface area contributed by atoms with Crippen molar-refractivity contribution in [2.75, 3.05) is 6.61 Å². The molecule has 0 aliphatic heterocycles. The van der Waals surface area contributed by atoms with Gasteiger partial charge in [0.1, 0.15) is 0 Å². The van der Waals surface area contributed by atoms with E-state index in [1.165, 1.54) is 18.2 Å². The summed E-state index contributed by atoms with van der Waals surface area (Å²) in [5, 5.41) is 0. The molecule has 0 rings (SSSR count). The smallest absolute Gasteiger partial charge is 0.330 e. The molecule has 0 aromatic carbocycles. The van der Waals surface area contributed by atoms with Crippen molar-refractivity contribution in [2.45, 2.75) is 6.92 Å². The van der Waals surface area contributed by atoms with Crippen molar-refractivity contribution in [2.24, 2.45) is 0 Å². The van der Waals surface area contributed by atoms with Gasteiger partial charge in [-0.2, -0.15) is 0 Å². The van der Waals surface area contributed by atoms with E-state index in [0.717, 1.165) is 0 Å². The van der Waals surface area contributed by atoms with E-state index in [9.17, 15) is 14.4 Å². The number of carbonyl (C=O) groups excluding carboxylic acids is 3. The monoisotopic (exact) mass is 234 g/mol. The molecule has 17 heavy (non-hydrogen) atoms. The molecule has 0 bridgehead atoms. The summed E-state index contributed by atoms with van der Waals surface area (Å²) in [7, 11) is 0. The van der Waals surface area contributed by atoms with Crippen LogP contribution in [0.25, 0.3) is 0 Å². The Labute approximate surface area is 100.0 Å². The van der Waals surface area contributed by atoms with Gasteiger partial charge in [-0.1, -0.05) is 30.4 Å². The van der Waals surface area contributed by atoms with E-state index in [1.54, 1.807) is 31.2 Å². The van der Waals surface area contributed by atoms with Crippen LogP contribution in [0.3, 0.4) is 0 Å². The molecule has 0 amide bonds. The second kappa shape index (κ2) is 10.3. The lowest BCUT2D eigenvalue weighted by Gasteiger charge is -1.92. The lowest BCUT2D eigenvalue weighted by molar-refractivity contribution is -0.137. The van der Waals surface area contributed by atoms with E-state index in [1.807, 2.05) is 0 Å². The van der Waals surface area contributed by atoms with Crippen molar-refractivity contribution >= 4 is 18.5 Å². The molecule has 0 unspecified atom stereocenters. The standard InChI is InChI=1S/C13H14O4/c1-2-17-13(16)9-7-5-3-4-6-8-12(10-14)11-15/h3-11H,2H2,1H3. The highest BCUT2D eigenvalue weighted by molar-refractivity contribution is 5.99. The Morgan fingerprint density at radius 1 is 1.00 bits per heavy atom. The van der Waals surface area contributed by atoms with Gasteiger partial charge < -0.3 is 4.74 Å². The summed E-state index contributed by atoms with van der Waals surface area (Å²) in [6.45, 7) is 2.08. The molecule has 0 spiro atoms. The fourth-order valence-corrected chi connectivity index (χ4v) is 0.790. The van der Waals surface area contributed by atoms with Gasteiger partial charge in [-0.05, 0) is 13.0 Å². The van der Waals surface area contributed by atoms with E-state index < -0.39 is 5.97 Å². The molecule has 0 aromatic rings. The first-order valence-electron chi connectivity index (χ1n) is 5.03. The topological polar surface area (TPSA) is 60.4 Å². The molecule has 0 N–H and O–H groups in total. The van der Waals surface area contributed by atoms with Crippen molar-refractivity contribution in [1.82, 2.24) is 0 Å². The molecule has 4 nitrogen and oxygen atoms in total. The fourth-order valence-electron chi connectivity index (χ4n) is 0.790. The zero-order chi connectivity index (χ0) is 12.9. The number of allylic oxidation sites excluding steroid dienone is 7. The summed E-state index contributed by atoms with van der Waals surface area (Å²) in [6, 6.07) is 0. The first kappa shape index (κ1) is 14.8.